The number of hydrogen-bond acceptors (Lipinski definition) is 7. The zero-order valence-corrected chi connectivity index (χ0v) is 10.9. The fraction of sp³-hybridized carbons (Fsp3) is 1.00. The van der Waals surface area contributed by atoms with Gasteiger partial charge in [0.05, 0.1) is 19.8 Å². The minimum absolute atomic E-state index is 0. The van der Waals surface area contributed by atoms with Crippen molar-refractivity contribution in [2.75, 3.05) is 26.4 Å². The first-order valence-electron chi connectivity index (χ1n) is 3.61. The van der Waals surface area contributed by atoms with Crippen molar-refractivity contribution in [3.05, 3.63) is 0 Å². The number of hydrogen-bond donors (Lipinski definition) is 3. The van der Waals surface area contributed by atoms with Gasteiger partial charge in [0.25, 0.3) is 7.82 Å². The third-order valence-electron chi connectivity index (χ3n) is 1.00. The van der Waals surface area contributed by atoms with Crippen molar-refractivity contribution >= 4 is 7.82 Å². The fourth-order valence-corrected chi connectivity index (χ4v) is 1.19. The molecule has 0 aromatic heterocycles. The van der Waals surface area contributed by atoms with Crippen molar-refractivity contribution in [3.8, 4) is 0 Å². The SMILES string of the molecule is NCCOP(=O)([O-])OCC(O)CO.[Na+]. The molecule has 0 aliphatic carbocycles. The van der Waals surface area contributed by atoms with Gasteiger partial charge >= 0.3 is 29.6 Å². The summed E-state index contributed by atoms with van der Waals surface area (Å²) in [7, 11) is -4.38. The van der Waals surface area contributed by atoms with Crippen LogP contribution < -0.4 is 40.2 Å². The van der Waals surface area contributed by atoms with Crippen LogP contribution in [0.5, 0.6) is 0 Å². The van der Waals surface area contributed by atoms with Crippen LogP contribution in [0.2, 0.25) is 0 Å². The molecule has 7 nitrogen and oxygen atoms in total. The van der Waals surface area contributed by atoms with Crippen LogP contribution in [0.1, 0.15) is 0 Å². The van der Waals surface area contributed by atoms with E-state index in [9.17, 15) is 9.46 Å². The topological polar surface area (TPSA) is 125 Å². The molecule has 0 bridgehead atoms. The molecule has 0 aromatic carbocycles. The molecule has 0 saturated carbocycles. The third kappa shape index (κ3) is 9.54. The Bertz CT molecular complexity index is 182. The molecule has 0 rings (SSSR count). The Morgan fingerprint density at radius 1 is 1.50 bits per heavy atom. The second-order valence-corrected chi connectivity index (χ2v) is 3.61. The first-order valence-corrected chi connectivity index (χ1v) is 5.07. The molecule has 80 valence electrons. The van der Waals surface area contributed by atoms with Crippen molar-refractivity contribution in [2.24, 2.45) is 5.73 Å². The number of nitrogens with two attached hydrogens (primary N) is 1. The normalized spacial score (nSPS) is 16.9. The van der Waals surface area contributed by atoms with Crippen LogP contribution in [0, 0.1) is 0 Å². The Morgan fingerprint density at radius 3 is 2.50 bits per heavy atom. The largest absolute Gasteiger partial charge is 1.00 e. The van der Waals surface area contributed by atoms with Gasteiger partial charge in [-0.3, -0.25) is 4.57 Å². The Hall–Kier alpha value is 0.990. The molecule has 9 heteroatoms. The molecule has 2 unspecified atom stereocenters. The average Bonchev–Trinajstić information content (AvgIpc) is 2.11. The molecule has 0 aromatic rings. The summed E-state index contributed by atoms with van der Waals surface area (Å²) in [5.41, 5.74) is 4.99. The Morgan fingerprint density at radius 2 is 2.07 bits per heavy atom. The first kappa shape index (κ1) is 17.4. The van der Waals surface area contributed by atoms with Crippen molar-refractivity contribution in [3.63, 3.8) is 0 Å². The van der Waals surface area contributed by atoms with E-state index < -0.39 is 27.1 Å². The Labute approximate surface area is 104 Å². The summed E-state index contributed by atoms with van der Waals surface area (Å²) in [6.07, 6.45) is -1.23. The molecule has 0 spiro atoms. The maximum absolute atomic E-state index is 10.7. The molecule has 0 amide bonds. The number of aliphatic hydroxyl groups is 2. The Kier molecular flexibility index (Phi) is 11.5. The number of rotatable bonds is 7. The Balaban J connectivity index is 0. The van der Waals surface area contributed by atoms with E-state index >= 15 is 0 Å². The van der Waals surface area contributed by atoms with Crippen LogP contribution in [-0.2, 0) is 13.6 Å². The van der Waals surface area contributed by atoms with Gasteiger partial charge in [0.1, 0.15) is 6.10 Å². The van der Waals surface area contributed by atoms with Gasteiger partial charge in [0.2, 0.25) is 0 Å². The van der Waals surface area contributed by atoms with Crippen LogP contribution >= 0.6 is 7.82 Å². The molecular weight excluding hydrogens is 224 g/mol. The van der Waals surface area contributed by atoms with Crippen LogP contribution in [0.25, 0.3) is 0 Å². The molecule has 0 radical (unpaired) electrons. The minimum atomic E-state index is -4.38. The van der Waals surface area contributed by atoms with E-state index in [0.717, 1.165) is 0 Å². The van der Waals surface area contributed by atoms with Crippen LogP contribution in [0.4, 0.5) is 0 Å². The van der Waals surface area contributed by atoms with Gasteiger partial charge in [0.15, 0.2) is 0 Å². The average molecular weight is 237 g/mol. The molecule has 2 atom stereocenters. The van der Waals surface area contributed by atoms with Gasteiger partial charge < -0.3 is 29.9 Å². The molecule has 0 heterocycles. The van der Waals surface area contributed by atoms with E-state index in [4.69, 9.17) is 15.9 Å². The zero-order valence-electron chi connectivity index (χ0n) is 7.96. The van der Waals surface area contributed by atoms with Gasteiger partial charge in [0, 0.05) is 6.54 Å². The van der Waals surface area contributed by atoms with Crippen molar-refractivity contribution < 1.29 is 58.3 Å². The van der Waals surface area contributed by atoms with Crippen LogP contribution in [-0.4, -0.2) is 42.7 Å². The van der Waals surface area contributed by atoms with E-state index in [1.165, 1.54) is 0 Å². The summed E-state index contributed by atoms with van der Waals surface area (Å²) < 4.78 is 19.2. The van der Waals surface area contributed by atoms with Gasteiger partial charge in [-0.05, 0) is 0 Å². The summed E-state index contributed by atoms with van der Waals surface area (Å²) in [4.78, 5) is 10.7. The molecule has 4 N–H and O–H groups in total. The van der Waals surface area contributed by atoms with Crippen LogP contribution in [0.3, 0.4) is 0 Å². The molecule has 14 heavy (non-hydrogen) atoms. The monoisotopic (exact) mass is 237 g/mol. The van der Waals surface area contributed by atoms with E-state index in [1.807, 2.05) is 0 Å². The van der Waals surface area contributed by atoms with Crippen molar-refractivity contribution in [2.45, 2.75) is 6.10 Å². The van der Waals surface area contributed by atoms with E-state index in [-0.39, 0.29) is 42.7 Å². The summed E-state index contributed by atoms with van der Waals surface area (Å²) >= 11 is 0. The molecule has 0 aliphatic heterocycles. The smallest absolute Gasteiger partial charge is 0.756 e. The van der Waals surface area contributed by atoms with Gasteiger partial charge in [-0.2, -0.15) is 0 Å². The predicted molar refractivity (Wildman–Crippen MR) is 41.7 cm³/mol. The summed E-state index contributed by atoms with van der Waals surface area (Å²) in [6.45, 7) is -1.22. The third-order valence-corrected chi connectivity index (χ3v) is 1.97. The zero-order chi connectivity index (χ0) is 10.3. The number of aliphatic hydroxyl groups excluding tert-OH is 2. The molecule has 0 fully saturated rings. The summed E-state index contributed by atoms with van der Waals surface area (Å²) in [6, 6.07) is 0. The number of phosphoric acid groups is 1. The van der Waals surface area contributed by atoms with Gasteiger partial charge in [-0.25, -0.2) is 0 Å². The van der Waals surface area contributed by atoms with Crippen molar-refractivity contribution in [1.82, 2.24) is 0 Å². The second kappa shape index (κ2) is 9.23. The fourth-order valence-electron chi connectivity index (χ4n) is 0.432. The van der Waals surface area contributed by atoms with E-state index in [1.54, 1.807) is 0 Å². The van der Waals surface area contributed by atoms with Gasteiger partial charge in [-0.1, -0.05) is 0 Å². The van der Waals surface area contributed by atoms with Crippen molar-refractivity contribution in [1.29, 1.82) is 0 Å². The first-order chi connectivity index (χ1) is 6.02. The van der Waals surface area contributed by atoms with Gasteiger partial charge in [-0.15, -0.1) is 0 Å². The standard InChI is InChI=1S/C5H14NO6P.Na/c6-1-2-11-13(9,10)12-4-5(8)3-7;/h5,7-8H,1-4,6H2,(H,9,10);/q;+1/p-1. The summed E-state index contributed by atoms with van der Waals surface area (Å²) in [5, 5.41) is 17.1. The maximum Gasteiger partial charge on any atom is 1.00 e. The summed E-state index contributed by atoms with van der Waals surface area (Å²) in [5.74, 6) is 0. The second-order valence-electron chi connectivity index (χ2n) is 2.20. The maximum atomic E-state index is 10.7. The van der Waals surface area contributed by atoms with E-state index in [0.29, 0.717) is 0 Å². The number of phosphoric ester groups is 1. The van der Waals surface area contributed by atoms with E-state index in [2.05, 4.69) is 9.05 Å². The predicted octanol–water partition coefficient (Wildman–Crippen LogP) is -5.20. The minimum Gasteiger partial charge on any atom is -0.756 e. The molecular formula is C5H13NNaO6P. The quantitative estimate of drug-likeness (QED) is 0.298. The molecule has 0 saturated heterocycles. The molecule has 0 aliphatic rings. The van der Waals surface area contributed by atoms with Crippen LogP contribution in [0.15, 0.2) is 0 Å².